The van der Waals surface area contributed by atoms with Gasteiger partial charge in [-0.25, -0.2) is 0 Å². The van der Waals surface area contributed by atoms with E-state index in [2.05, 4.69) is 187 Å². The van der Waals surface area contributed by atoms with E-state index in [1.54, 1.807) is 0 Å². The molecule has 0 bridgehead atoms. The van der Waals surface area contributed by atoms with E-state index >= 15 is 0 Å². The molecule has 0 radical (unpaired) electrons. The van der Waals surface area contributed by atoms with Crippen LogP contribution in [0.5, 0.6) is 11.5 Å². The van der Waals surface area contributed by atoms with Crippen LogP contribution in [0.1, 0.15) is 41.5 Å². The van der Waals surface area contributed by atoms with Crippen LogP contribution in [0, 0.1) is 0 Å². The zero-order valence-corrected chi connectivity index (χ0v) is 33.5. The number of hydrogen-bond acceptors (Lipinski definition) is 2. The van der Waals surface area contributed by atoms with Gasteiger partial charge in [0.15, 0.2) is 11.7 Å². The Morgan fingerprint density at radius 1 is 0.389 bits per heavy atom. The molecule has 2 unspecified atom stereocenters. The van der Waals surface area contributed by atoms with Crippen molar-refractivity contribution in [1.29, 1.82) is 0 Å². The lowest BCUT2D eigenvalue weighted by molar-refractivity contribution is 0.171. The van der Waals surface area contributed by atoms with Crippen molar-refractivity contribution < 1.29 is 9.47 Å². The van der Waals surface area contributed by atoms with E-state index < -0.39 is 15.8 Å². The van der Waals surface area contributed by atoms with Crippen molar-refractivity contribution in [3.05, 3.63) is 146 Å². The molecule has 4 heteroatoms. The standard InChI is InChI=1S/C50H44O2P2/c1-49(2,3)53-45-39(43-35-21-11-7-17-31(35)29-32-18-8-12-22-36(32)43)25-15-27-41(45)51-47(53)48-52-42-28-16-26-40(46(42)54(48)50(4,5)6)44-37-23-13-9-19-33(37)30-34-20-10-14-24-38(34)44/h7-30,47-48H,1-6H3/t47?,48?,53-,54-/m0/s1. The zero-order chi connectivity index (χ0) is 36.9. The molecule has 0 N–H and O–H groups in total. The Morgan fingerprint density at radius 3 is 1.02 bits per heavy atom. The lowest BCUT2D eigenvalue weighted by Gasteiger charge is -2.40. The third-order valence-corrected chi connectivity index (χ3v) is 18.0. The monoisotopic (exact) mass is 738 g/mol. The van der Waals surface area contributed by atoms with Gasteiger partial charge in [0.05, 0.1) is 0 Å². The van der Waals surface area contributed by atoms with Crippen molar-refractivity contribution in [2.45, 2.75) is 63.5 Å². The van der Waals surface area contributed by atoms with Crippen LogP contribution in [0.2, 0.25) is 0 Å². The molecule has 0 amide bonds. The summed E-state index contributed by atoms with van der Waals surface area (Å²) >= 11 is 0. The molecular formula is C50H44O2P2. The molecule has 2 aliphatic heterocycles. The van der Waals surface area contributed by atoms with E-state index in [1.807, 2.05) is 0 Å². The predicted octanol–water partition coefficient (Wildman–Crippen LogP) is 13.6. The van der Waals surface area contributed by atoms with Crippen molar-refractivity contribution in [3.8, 4) is 33.8 Å². The summed E-state index contributed by atoms with van der Waals surface area (Å²) < 4.78 is 14.8. The Hall–Kier alpha value is -4.74. The Kier molecular flexibility index (Phi) is 7.76. The minimum atomic E-state index is -0.859. The SMILES string of the molecule is CC(C)(C)[P@@]1c2c(cccc2-c2c3ccccc3cc3ccccc23)OC1C1Oc2cccc(-c3c4ccccc4cc4ccccc34)c2[P@]1C(C)(C)C. The van der Waals surface area contributed by atoms with Crippen molar-refractivity contribution >= 4 is 69.5 Å². The summed E-state index contributed by atoms with van der Waals surface area (Å²) in [6.45, 7) is 14.5. The zero-order valence-electron chi connectivity index (χ0n) is 31.7. The smallest absolute Gasteiger partial charge is 0.162 e. The van der Waals surface area contributed by atoms with Gasteiger partial charge in [-0.15, -0.1) is 0 Å². The van der Waals surface area contributed by atoms with Crippen LogP contribution in [0.25, 0.3) is 65.3 Å². The third-order valence-electron chi connectivity index (χ3n) is 11.3. The number of fused-ring (bicyclic) bond motifs is 6. The van der Waals surface area contributed by atoms with E-state index in [4.69, 9.17) is 9.47 Å². The van der Waals surface area contributed by atoms with E-state index in [0.29, 0.717) is 0 Å². The summed E-state index contributed by atoms with van der Waals surface area (Å²) in [7, 11) is -1.72. The van der Waals surface area contributed by atoms with E-state index in [1.165, 1.54) is 76.0 Å². The molecule has 0 saturated heterocycles. The van der Waals surface area contributed by atoms with Gasteiger partial charge in [0.25, 0.3) is 0 Å². The molecule has 2 heterocycles. The highest BCUT2D eigenvalue weighted by molar-refractivity contribution is 7.72. The van der Waals surface area contributed by atoms with Gasteiger partial charge in [-0.3, -0.25) is 0 Å². The maximum absolute atomic E-state index is 7.38. The molecule has 0 fully saturated rings. The van der Waals surface area contributed by atoms with Crippen LogP contribution in [0.3, 0.4) is 0 Å². The molecule has 4 atom stereocenters. The fraction of sp³-hybridized carbons (Fsp3) is 0.200. The number of benzene rings is 8. The predicted molar refractivity (Wildman–Crippen MR) is 235 cm³/mol. The van der Waals surface area contributed by atoms with Gasteiger partial charge >= 0.3 is 0 Å². The fourth-order valence-electron chi connectivity index (χ4n) is 9.17. The fourth-order valence-corrected chi connectivity index (χ4v) is 16.0. The lowest BCUT2D eigenvalue weighted by Crippen LogP contribution is -2.38. The molecule has 0 spiro atoms. The number of hydrogen-bond donors (Lipinski definition) is 0. The number of rotatable bonds is 3. The summed E-state index contributed by atoms with van der Waals surface area (Å²) in [5.41, 5.74) is 5.20. The first-order chi connectivity index (χ1) is 26.1. The summed E-state index contributed by atoms with van der Waals surface area (Å²) in [6, 6.07) is 53.6. The first-order valence-electron chi connectivity index (χ1n) is 19.1. The molecule has 0 aromatic heterocycles. The molecule has 8 aromatic carbocycles. The summed E-state index contributed by atoms with van der Waals surface area (Å²) in [5, 5.41) is 12.8. The Morgan fingerprint density at radius 2 is 0.704 bits per heavy atom. The molecule has 0 aliphatic carbocycles. The van der Waals surface area contributed by atoms with Crippen LogP contribution in [0.4, 0.5) is 0 Å². The first kappa shape index (κ1) is 33.8. The molecule has 266 valence electrons. The lowest BCUT2D eigenvalue weighted by atomic mass is 9.92. The second kappa shape index (κ2) is 12.4. The average molecular weight is 739 g/mol. The summed E-state index contributed by atoms with van der Waals surface area (Å²) in [4.78, 5) is 0. The first-order valence-corrected chi connectivity index (χ1v) is 21.9. The van der Waals surface area contributed by atoms with Crippen LogP contribution in [0.15, 0.2) is 146 Å². The molecule has 0 saturated carbocycles. The quantitative estimate of drug-likeness (QED) is 0.133. The largest absolute Gasteiger partial charge is 0.481 e. The normalized spacial score (nSPS) is 19.6. The molecule has 54 heavy (non-hydrogen) atoms. The van der Waals surface area contributed by atoms with Crippen molar-refractivity contribution in [1.82, 2.24) is 0 Å². The van der Waals surface area contributed by atoms with Gasteiger partial charge < -0.3 is 9.47 Å². The summed E-state index contributed by atoms with van der Waals surface area (Å²) in [5.74, 6) is 1.82. The second-order valence-electron chi connectivity index (χ2n) is 16.8. The maximum atomic E-state index is 7.38. The minimum Gasteiger partial charge on any atom is -0.481 e. The van der Waals surface area contributed by atoms with E-state index in [-0.39, 0.29) is 22.0 Å². The van der Waals surface area contributed by atoms with Gasteiger partial charge in [-0.1, -0.05) is 163 Å². The van der Waals surface area contributed by atoms with Gasteiger partial charge in [0.2, 0.25) is 0 Å². The minimum absolute atomic E-state index is 0.0482. The van der Waals surface area contributed by atoms with Crippen LogP contribution in [-0.2, 0) is 0 Å². The molecule has 10 rings (SSSR count). The van der Waals surface area contributed by atoms with Gasteiger partial charge in [-0.2, -0.15) is 0 Å². The summed E-state index contributed by atoms with van der Waals surface area (Å²) in [6.07, 6.45) is 0. The Labute approximate surface area is 320 Å². The highest BCUT2D eigenvalue weighted by atomic mass is 31.1. The van der Waals surface area contributed by atoms with Crippen molar-refractivity contribution in [2.75, 3.05) is 0 Å². The average Bonchev–Trinajstić information content (AvgIpc) is 3.76. The molecule has 2 aliphatic rings. The Bertz CT molecular complexity index is 2490. The van der Waals surface area contributed by atoms with E-state index in [0.717, 1.165) is 11.5 Å². The second-order valence-corrected chi connectivity index (χ2v) is 22.9. The van der Waals surface area contributed by atoms with Gasteiger partial charge in [-0.05, 0) is 116 Å². The van der Waals surface area contributed by atoms with Crippen molar-refractivity contribution in [2.24, 2.45) is 0 Å². The maximum Gasteiger partial charge on any atom is 0.162 e. The molecular weight excluding hydrogens is 694 g/mol. The van der Waals surface area contributed by atoms with E-state index in [9.17, 15) is 0 Å². The Balaban J connectivity index is 1.18. The molecule has 2 nitrogen and oxygen atoms in total. The highest BCUT2D eigenvalue weighted by Gasteiger charge is 2.55. The highest BCUT2D eigenvalue weighted by Crippen LogP contribution is 2.70. The van der Waals surface area contributed by atoms with Gasteiger partial charge in [0, 0.05) is 10.6 Å². The van der Waals surface area contributed by atoms with Crippen LogP contribution >= 0.6 is 15.8 Å². The van der Waals surface area contributed by atoms with Crippen molar-refractivity contribution in [3.63, 3.8) is 0 Å². The van der Waals surface area contributed by atoms with Crippen LogP contribution in [-0.4, -0.2) is 22.0 Å². The van der Waals surface area contributed by atoms with Crippen LogP contribution < -0.4 is 20.1 Å². The third kappa shape index (κ3) is 5.21. The molecule has 8 aromatic rings. The topological polar surface area (TPSA) is 18.5 Å². The number of ether oxygens (including phenoxy) is 2. The van der Waals surface area contributed by atoms with Gasteiger partial charge in [0.1, 0.15) is 11.5 Å².